The highest BCUT2D eigenvalue weighted by Crippen LogP contribution is 2.37. The van der Waals surface area contributed by atoms with E-state index in [1.54, 1.807) is 6.92 Å². The first-order chi connectivity index (χ1) is 7.83. The summed E-state index contributed by atoms with van der Waals surface area (Å²) in [5.74, 6) is -1.64. The van der Waals surface area contributed by atoms with Gasteiger partial charge in [-0.15, -0.1) is 0 Å². The lowest BCUT2D eigenvalue weighted by Crippen LogP contribution is -2.10. The molecule has 0 saturated carbocycles. The molecular weight excluding hydrogens is 253 g/mol. The van der Waals surface area contributed by atoms with Crippen LogP contribution in [0.1, 0.15) is 24.8 Å². The minimum Gasteiger partial charge on any atom is -0.481 e. The van der Waals surface area contributed by atoms with Crippen LogP contribution in [0.15, 0.2) is 29.2 Å². The van der Waals surface area contributed by atoms with Crippen molar-refractivity contribution in [2.75, 3.05) is 0 Å². The van der Waals surface area contributed by atoms with Crippen molar-refractivity contribution in [2.45, 2.75) is 29.7 Å². The van der Waals surface area contributed by atoms with E-state index >= 15 is 0 Å². The molecule has 1 aromatic rings. The molecule has 0 aliphatic heterocycles. The summed E-state index contributed by atoms with van der Waals surface area (Å²) >= 11 is -0.210. The maximum atomic E-state index is 12.1. The molecule has 0 heterocycles. The molecule has 0 amide bonds. The maximum Gasteiger partial charge on any atom is 0.446 e. The highest BCUT2D eigenvalue weighted by atomic mass is 32.2. The molecule has 1 rings (SSSR count). The number of alkyl halides is 3. The van der Waals surface area contributed by atoms with Crippen molar-refractivity contribution in [1.82, 2.24) is 0 Å². The number of halogens is 3. The van der Waals surface area contributed by atoms with Gasteiger partial charge in [-0.2, -0.15) is 13.2 Å². The molecule has 6 heteroatoms. The van der Waals surface area contributed by atoms with Crippen molar-refractivity contribution < 1.29 is 23.1 Å². The van der Waals surface area contributed by atoms with Crippen LogP contribution in [-0.2, 0) is 4.79 Å². The summed E-state index contributed by atoms with van der Waals surface area (Å²) in [4.78, 5) is 10.9. The lowest BCUT2D eigenvalue weighted by Gasteiger charge is -2.11. The zero-order valence-electron chi connectivity index (χ0n) is 8.99. The van der Waals surface area contributed by atoms with Crippen LogP contribution in [0, 0.1) is 0 Å². The number of aliphatic carboxylic acids is 1. The fourth-order valence-corrected chi connectivity index (χ4v) is 1.99. The van der Waals surface area contributed by atoms with Crippen molar-refractivity contribution in [3.63, 3.8) is 0 Å². The highest BCUT2D eigenvalue weighted by Gasteiger charge is 2.29. The lowest BCUT2D eigenvalue weighted by molar-refractivity contribution is -0.138. The van der Waals surface area contributed by atoms with E-state index in [2.05, 4.69) is 0 Å². The van der Waals surface area contributed by atoms with Gasteiger partial charge in [-0.25, -0.2) is 0 Å². The van der Waals surface area contributed by atoms with Crippen molar-refractivity contribution in [1.29, 1.82) is 0 Å². The average Bonchev–Trinajstić information content (AvgIpc) is 2.18. The van der Waals surface area contributed by atoms with Gasteiger partial charge in [-0.3, -0.25) is 4.79 Å². The molecule has 1 unspecified atom stereocenters. The van der Waals surface area contributed by atoms with E-state index in [0.717, 1.165) is 0 Å². The zero-order chi connectivity index (χ0) is 13.1. The van der Waals surface area contributed by atoms with E-state index in [1.165, 1.54) is 24.3 Å². The molecule has 1 atom stereocenters. The van der Waals surface area contributed by atoms with E-state index < -0.39 is 17.4 Å². The number of carboxylic acid groups (broad SMARTS) is 1. The van der Waals surface area contributed by atoms with Gasteiger partial charge >= 0.3 is 11.5 Å². The Kier molecular flexibility index (Phi) is 4.45. The van der Waals surface area contributed by atoms with Crippen LogP contribution >= 0.6 is 11.8 Å². The monoisotopic (exact) mass is 264 g/mol. The molecule has 0 aliphatic rings. The Bertz CT molecular complexity index is 387. The number of rotatable bonds is 4. The summed E-state index contributed by atoms with van der Waals surface area (Å²) in [5, 5.41) is 8.90. The minimum absolute atomic E-state index is 0.0569. The Hall–Kier alpha value is -1.17. The summed E-state index contributed by atoms with van der Waals surface area (Å²) in [7, 11) is 0. The fourth-order valence-electron chi connectivity index (χ4n) is 1.45. The van der Waals surface area contributed by atoms with E-state index in [1.807, 2.05) is 0 Å². The second kappa shape index (κ2) is 5.44. The van der Waals surface area contributed by atoms with Gasteiger partial charge in [0.1, 0.15) is 0 Å². The van der Waals surface area contributed by atoms with E-state index in [-0.39, 0.29) is 16.7 Å². The Balaban J connectivity index is 2.84. The molecular formula is C11H11F3O2S. The molecule has 0 saturated heterocycles. The second-order valence-electron chi connectivity index (χ2n) is 3.42. The standard InChI is InChI=1S/C11H11F3O2S/c1-2-9(10(15)16)7-3-5-8(6-4-7)17-11(12,13)14/h3-6,9H,2H2,1H3,(H,15,16). The van der Waals surface area contributed by atoms with Gasteiger partial charge in [-0.05, 0) is 35.9 Å². The molecule has 0 aliphatic carbocycles. The number of hydrogen-bond donors (Lipinski definition) is 1. The van der Waals surface area contributed by atoms with Crippen LogP contribution in [0.25, 0.3) is 0 Å². The first-order valence-corrected chi connectivity index (χ1v) is 5.73. The largest absolute Gasteiger partial charge is 0.481 e. The number of carboxylic acids is 1. The van der Waals surface area contributed by atoms with Gasteiger partial charge in [0.05, 0.1) is 5.92 Å². The summed E-state index contributed by atoms with van der Waals surface area (Å²) < 4.78 is 36.2. The Morgan fingerprint density at radius 2 is 1.88 bits per heavy atom. The van der Waals surface area contributed by atoms with Crippen LogP contribution < -0.4 is 0 Å². The topological polar surface area (TPSA) is 37.3 Å². The van der Waals surface area contributed by atoms with Gasteiger partial charge in [0.2, 0.25) is 0 Å². The highest BCUT2D eigenvalue weighted by molar-refractivity contribution is 8.00. The molecule has 17 heavy (non-hydrogen) atoms. The van der Waals surface area contributed by atoms with Crippen LogP contribution in [0.3, 0.4) is 0 Å². The lowest BCUT2D eigenvalue weighted by atomic mass is 9.97. The predicted molar refractivity (Wildman–Crippen MR) is 59.0 cm³/mol. The van der Waals surface area contributed by atoms with E-state index in [9.17, 15) is 18.0 Å². The third-order valence-electron chi connectivity index (χ3n) is 2.22. The van der Waals surface area contributed by atoms with Gasteiger partial charge < -0.3 is 5.11 Å². The second-order valence-corrected chi connectivity index (χ2v) is 4.55. The Morgan fingerprint density at radius 1 is 1.35 bits per heavy atom. The molecule has 1 N–H and O–H groups in total. The quantitative estimate of drug-likeness (QED) is 0.838. The summed E-state index contributed by atoms with van der Waals surface area (Å²) in [6, 6.07) is 5.44. The molecule has 94 valence electrons. The molecule has 2 nitrogen and oxygen atoms in total. The summed E-state index contributed by atoms with van der Waals surface area (Å²) in [6.07, 6.45) is 0.404. The van der Waals surface area contributed by atoms with Gasteiger partial charge in [-0.1, -0.05) is 19.1 Å². The minimum atomic E-state index is -4.32. The number of carbonyl (C=O) groups is 1. The molecule has 0 fully saturated rings. The normalized spacial score (nSPS) is 13.4. The number of thioether (sulfide) groups is 1. The third-order valence-corrected chi connectivity index (χ3v) is 2.96. The van der Waals surface area contributed by atoms with Crippen molar-refractivity contribution in [3.8, 4) is 0 Å². The Labute approximate surface area is 101 Å². The van der Waals surface area contributed by atoms with Crippen molar-refractivity contribution >= 4 is 17.7 Å². The predicted octanol–water partition coefficient (Wildman–Crippen LogP) is 3.88. The number of hydrogen-bond acceptors (Lipinski definition) is 2. The van der Waals surface area contributed by atoms with E-state index in [4.69, 9.17) is 5.11 Å². The van der Waals surface area contributed by atoms with Gasteiger partial charge in [0.15, 0.2) is 0 Å². The number of benzene rings is 1. The Morgan fingerprint density at radius 3 is 2.24 bits per heavy atom. The summed E-state index contributed by atoms with van der Waals surface area (Å²) in [6.45, 7) is 1.72. The average molecular weight is 264 g/mol. The molecule has 0 radical (unpaired) electrons. The maximum absolute atomic E-state index is 12.1. The van der Waals surface area contributed by atoms with Crippen LogP contribution in [0.5, 0.6) is 0 Å². The smallest absolute Gasteiger partial charge is 0.446 e. The third kappa shape index (κ3) is 4.30. The van der Waals surface area contributed by atoms with Crippen molar-refractivity contribution in [3.05, 3.63) is 29.8 Å². The van der Waals surface area contributed by atoms with Crippen LogP contribution in [0.2, 0.25) is 0 Å². The molecule has 1 aromatic carbocycles. The fraction of sp³-hybridized carbons (Fsp3) is 0.364. The molecule has 0 spiro atoms. The van der Waals surface area contributed by atoms with Crippen LogP contribution in [0.4, 0.5) is 13.2 Å². The van der Waals surface area contributed by atoms with Gasteiger partial charge in [0, 0.05) is 4.90 Å². The van der Waals surface area contributed by atoms with Crippen molar-refractivity contribution in [2.24, 2.45) is 0 Å². The molecule has 0 bridgehead atoms. The van der Waals surface area contributed by atoms with E-state index in [0.29, 0.717) is 12.0 Å². The zero-order valence-corrected chi connectivity index (χ0v) is 9.81. The molecule has 0 aromatic heterocycles. The van der Waals surface area contributed by atoms with Crippen LogP contribution in [-0.4, -0.2) is 16.6 Å². The summed E-state index contributed by atoms with van der Waals surface area (Å²) in [5.41, 5.74) is -3.80. The SMILES string of the molecule is CCC(C(=O)O)c1ccc(SC(F)(F)F)cc1. The first-order valence-electron chi connectivity index (χ1n) is 4.92. The van der Waals surface area contributed by atoms with Gasteiger partial charge in [0.25, 0.3) is 0 Å². The first kappa shape index (κ1) is 13.9.